The second-order valence-corrected chi connectivity index (χ2v) is 9.65. The molecule has 2 bridgehead atoms. The van der Waals surface area contributed by atoms with Crippen LogP contribution in [0.2, 0.25) is 0 Å². The number of nitrogens with zero attached hydrogens (tertiary/aromatic N) is 2. The van der Waals surface area contributed by atoms with Gasteiger partial charge in [0.05, 0.1) is 11.1 Å². The molecule has 0 radical (unpaired) electrons. The smallest absolute Gasteiger partial charge is 0.261 e. The fraction of sp³-hybridized carbons (Fsp3) is 0.591. The molecular weight excluding hydrogens is 340 g/mol. The van der Waals surface area contributed by atoms with Crippen LogP contribution < -0.4 is 0 Å². The first-order chi connectivity index (χ1) is 12.7. The van der Waals surface area contributed by atoms with Gasteiger partial charge in [-0.25, -0.2) is 0 Å². The number of hydrogen-bond acceptors (Lipinski definition) is 3. The molecule has 2 aliphatic heterocycles. The first kappa shape index (κ1) is 18.2. The normalized spacial score (nSPS) is 28.6. The topological polar surface area (TPSA) is 57.7 Å². The maximum absolute atomic E-state index is 12.8. The third-order valence-electron chi connectivity index (χ3n) is 6.39. The van der Waals surface area contributed by atoms with Crippen LogP contribution in [-0.4, -0.2) is 46.7 Å². The minimum atomic E-state index is -0.241. The van der Waals surface area contributed by atoms with Crippen molar-refractivity contribution in [3.8, 4) is 0 Å². The van der Waals surface area contributed by atoms with E-state index in [0.717, 1.165) is 25.8 Å². The van der Waals surface area contributed by atoms with Gasteiger partial charge in [0.25, 0.3) is 11.8 Å². The molecule has 3 amide bonds. The zero-order chi connectivity index (χ0) is 19.4. The summed E-state index contributed by atoms with van der Waals surface area (Å²) < 4.78 is 0. The van der Waals surface area contributed by atoms with Gasteiger partial charge in [0.2, 0.25) is 5.91 Å². The lowest BCUT2D eigenvalue weighted by Gasteiger charge is -2.39. The molecule has 144 valence electrons. The Morgan fingerprint density at radius 2 is 1.70 bits per heavy atom. The van der Waals surface area contributed by atoms with Crippen molar-refractivity contribution in [2.45, 2.75) is 58.9 Å². The summed E-state index contributed by atoms with van der Waals surface area (Å²) in [5.41, 5.74) is 1.45. The lowest BCUT2D eigenvalue weighted by molar-refractivity contribution is -0.132. The second kappa shape index (κ2) is 6.18. The maximum atomic E-state index is 12.8. The number of imide groups is 1. The van der Waals surface area contributed by atoms with Gasteiger partial charge >= 0.3 is 0 Å². The number of likely N-dealkylation sites (tertiary alicyclic amines) is 1. The molecule has 4 rings (SSSR count). The molecule has 1 saturated carbocycles. The van der Waals surface area contributed by atoms with Crippen LogP contribution in [0.4, 0.5) is 0 Å². The number of carbonyl (C=O) groups is 3. The van der Waals surface area contributed by atoms with Crippen LogP contribution in [0.3, 0.4) is 0 Å². The van der Waals surface area contributed by atoms with Gasteiger partial charge in [-0.3, -0.25) is 19.3 Å². The molecule has 0 aromatic heterocycles. The molecule has 2 atom stereocenters. The van der Waals surface area contributed by atoms with E-state index in [4.69, 9.17) is 0 Å². The van der Waals surface area contributed by atoms with E-state index in [1.807, 2.05) is 0 Å². The van der Waals surface area contributed by atoms with Gasteiger partial charge in [0.15, 0.2) is 0 Å². The summed E-state index contributed by atoms with van der Waals surface area (Å²) in [5.74, 6) is -0.318. The van der Waals surface area contributed by atoms with Gasteiger partial charge in [0, 0.05) is 25.6 Å². The summed E-state index contributed by atoms with van der Waals surface area (Å²) in [7, 11) is 0. The van der Waals surface area contributed by atoms with Crippen LogP contribution >= 0.6 is 0 Å². The van der Waals surface area contributed by atoms with Crippen LogP contribution in [0.15, 0.2) is 24.3 Å². The van der Waals surface area contributed by atoms with Crippen LogP contribution in [0.5, 0.6) is 0 Å². The Labute approximate surface area is 160 Å². The zero-order valence-electron chi connectivity index (χ0n) is 16.5. The molecule has 2 fully saturated rings. The van der Waals surface area contributed by atoms with E-state index in [-0.39, 0.29) is 28.6 Å². The highest BCUT2D eigenvalue weighted by Gasteiger charge is 2.50. The predicted octanol–water partition coefficient (Wildman–Crippen LogP) is 3.49. The first-order valence-corrected chi connectivity index (χ1v) is 9.94. The van der Waals surface area contributed by atoms with Gasteiger partial charge in [-0.15, -0.1) is 0 Å². The Hall–Kier alpha value is -2.17. The quantitative estimate of drug-likeness (QED) is 0.765. The molecule has 1 aromatic rings. The van der Waals surface area contributed by atoms with Crippen LogP contribution in [0, 0.1) is 10.8 Å². The Morgan fingerprint density at radius 1 is 1.07 bits per heavy atom. The number of fused-ring (bicyclic) bond motifs is 3. The molecule has 5 heteroatoms. The lowest BCUT2D eigenvalue weighted by atomic mass is 9.65. The van der Waals surface area contributed by atoms with E-state index in [1.54, 1.807) is 24.3 Å². The van der Waals surface area contributed by atoms with Crippen molar-refractivity contribution in [2.24, 2.45) is 10.8 Å². The van der Waals surface area contributed by atoms with Gasteiger partial charge in [-0.05, 0) is 48.6 Å². The third kappa shape index (κ3) is 3.17. The van der Waals surface area contributed by atoms with Crippen LogP contribution in [-0.2, 0) is 4.79 Å². The highest BCUT2D eigenvalue weighted by molar-refractivity contribution is 6.21. The molecule has 27 heavy (non-hydrogen) atoms. The fourth-order valence-electron chi connectivity index (χ4n) is 5.73. The van der Waals surface area contributed by atoms with E-state index < -0.39 is 0 Å². The lowest BCUT2D eigenvalue weighted by Crippen LogP contribution is -2.38. The number of carbonyl (C=O) groups excluding carboxylic acids is 3. The van der Waals surface area contributed by atoms with Gasteiger partial charge in [0.1, 0.15) is 0 Å². The van der Waals surface area contributed by atoms with E-state index >= 15 is 0 Å². The summed E-state index contributed by atoms with van der Waals surface area (Å²) in [6.45, 7) is 8.04. The van der Waals surface area contributed by atoms with Crippen molar-refractivity contribution >= 4 is 17.7 Å². The molecule has 0 N–H and O–H groups in total. The van der Waals surface area contributed by atoms with Crippen LogP contribution in [0.1, 0.15) is 73.6 Å². The highest BCUT2D eigenvalue weighted by Crippen LogP contribution is 2.52. The average molecular weight is 368 g/mol. The minimum absolute atomic E-state index is 0.165. The molecule has 2 heterocycles. The Kier molecular flexibility index (Phi) is 4.17. The monoisotopic (exact) mass is 368 g/mol. The highest BCUT2D eigenvalue weighted by atomic mass is 16.2. The second-order valence-electron chi connectivity index (χ2n) is 9.65. The molecule has 1 saturated heterocycles. The Balaban J connectivity index is 1.35. The molecule has 1 aliphatic carbocycles. The minimum Gasteiger partial charge on any atom is -0.339 e. The van der Waals surface area contributed by atoms with E-state index in [9.17, 15) is 14.4 Å². The first-order valence-electron chi connectivity index (χ1n) is 9.94. The Morgan fingerprint density at radius 3 is 2.33 bits per heavy atom. The Bertz CT molecular complexity index is 781. The van der Waals surface area contributed by atoms with Crippen molar-refractivity contribution < 1.29 is 14.4 Å². The number of benzene rings is 1. The fourth-order valence-corrected chi connectivity index (χ4v) is 5.73. The summed E-state index contributed by atoms with van der Waals surface area (Å²) in [6.07, 6.45) is 4.23. The predicted molar refractivity (Wildman–Crippen MR) is 102 cm³/mol. The van der Waals surface area contributed by atoms with Crippen LogP contribution in [0.25, 0.3) is 0 Å². The largest absolute Gasteiger partial charge is 0.339 e. The summed E-state index contributed by atoms with van der Waals surface area (Å²) in [5, 5.41) is 0. The third-order valence-corrected chi connectivity index (χ3v) is 6.39. The number of hydrogen-bond donors (Lipinski definition) is 0. The van der Waals surface area contributed by atoms with Gasteiger partial charge < -0.3 is 4.90 Å². The number of rotatable bonds is 4. The van der Waals surface area contributed by atoms with Gasteiger partial charge in [-0.1, -0.05) is 32.9 Å². The number of amides is 3. The standard InChI is InChI=1S/C22H28N2O3/c1-21(2)11-15-12-22(3,13-21)14-24(15)18(25)9-6-10-23-19(26)16-7-4-5-8-17(16)20(23)27/h4-5,7-8,15H,6,9-14H2,1-3H3/t15-,22+/m1/s1. The molecule has 3 aliphatic rings. The molecule has 0 spiro atoms. The molecular formula is C22H28N2O3. The maximum Gasteiger partial charge on any atom is 0.261 e. The molecule has 5 nitrogen and oxygen atoms in total. The van der Waals surface area contributed by atoms with Crippen molar-refractivity contribution in [3.63, 3.8) is 0 Å². The summed E-state index contributed by atoms with van der Waals surface area (Å²) in [6, 6.07) is 7.25. The zero-order valence-corrected chi connectivity index (χ0v) is 16.5. The van der Waals surface area contributed by atoms with E-state index in [0.29, 0.717) is 36.6 Å². The van der Waals surface area contributed by atoms with Crippen molar-refractivity contribution in [1.82, 2.24) is 9.80 Å². The van der Waals surface area contributed by atoms with E-state index in [1.165, 1.54) is 4.90 Å². The van der Waals surface area contributed by atoms with Crippen molar-refractivity contribution in [3.05, 3.63) is 35.4 Å². The van der Waals surface area contributed by atoms with E-state index in [2.05, 4.69) is 25.7 Å². The van der Waals surface area contributed by atoms with Crippen molar-refractivity contribution in [1.29, 1.82) is 0 Å². The SMILES string of the molecule is CC1(C)C[C@@H]2C[C@](C)(CN2C(=O)CCCN2C(=O)c3ccccc3C2=O)C1. The molecule has 1 aromatic carbocycles. The average Bonchev–Trinajstić information content (AvgIpc) is 2.99. The summed E-state index contributed by atoms with van der Waals surface area (Å²) in [4.78, 5) is 41.0. The van der Waals surface area contributed by atoms with Gasteiger partial charge in [-0.2, -0.15) is 0 Å². The molecule has 0 unspecified atom stereocenters. The van der Waals surface area contributed by atoms with Crippen molar-refractivity contribution in [2.75, 3.05) is 13.1 Å². The summed E-state index contributed by atoms with van der Waals surface area (Å²) >= 11 is 0.